The van der Waals surface area contributed by atoms with Gasteiger partial charge >= 0.3 is 5.97 Å². The Kier molecular flexibility index (Phi) is 4.03. The summed E-state index contributed by atoms with van der Waals surface area (Å²) in [6.07, 6.45) is 1.88. The van der Waals surface area contributed by atoms with Crippen LogP contribution in [0.25, 0.3) is 0 Å². The molecule has 1 aliphatic rings. The number of piperazine rings is 1. The fraction of sp³-hybridized carbons (Fsp3) is 0.333. The van der Waals surface area contributed by atoms with E-state index in [4.69, 9.17) is 0 Å². The molecule has 8 heteroatoms. The molecule has 2 N–H and O–H groups in total. The molecule has 0 spiro atoms. The van der Waals surface area contributed by atoms with Crippen molar-refractivity contribution in [3.63, 3.8) is 0 Å². The number of rotatable bonds is 3. The average molecular weight is 342 g/mol. The first-order chi connectivity index (χ1) is 9.43. The molecule has 0 bridgehead atoms. The highest BCUT2D eigenvalue weighted by Crippen LogP contribution is 2.25. The Hall–Kier alpha value is -1.96. The number of imide groups is 1. The molecule has 2 heterocycles. The van der Waals surface area contributed by atoms with Crippen molar-refractivity contribution < 1.29 is 19.5 Å². The summed E-state index contributed by atoms with van der Waals surface area (Å²) in [6.45, 7) is 1.69. The highest BCUT2D eigenvalue weighted by Gasteiger charge is 2.35. The molecule has 1 saturated heterocycles. The minimum Gasteiger partial charge on any atom is -0.478 e. The number of carboxylic acid groups (broad SMARTS) is 1. The Labute approximate surface area is 123 Å². The molecule has 1 fully saturated rings. The molecule has 2 amide bonds. The van der Waals surface area contributed by atoms with Crippen molar-refractivity contribution in [3.05, 3.63) is 22.3 Å². The van der Waals surface area contributed by atoms with Gasteiger partial charge in [-0.15, -0.1) is 0 Å². The smallest absolute Gasteiger partial charge is 0.339 e. The van der Waals surface area contributed by atoms with Gasteiger partial charge in [0.05, 0.1) is 6.54 Å². The number of carbonyl (C=O) groups is 3. The first-order valence-electron chi connectivity index (χ1n) is 5.93. The van der Waals surface area contributed by atoms with Crippen LogP contribution in [-0.2, 0) is 9.59 Å². The van der Waals surface area contributed by atoms with Crippen LogP contribution in [0.5, 0.6) is 0 Å². The zero-order chi connectivity index (χ0) is 14.9. The summed E-state index contributed by atoms with van der Waals surface area (Å²) in [5, 5.41) is 11.5. The molecular weight excluding hydrogens is 330 g/mol. The average Bonchev–Trinajstić information content (AvgIpc) is 2.37. The number of aromatic carboxylic acids is 1. The second-order valence-corrected chi connectivity index (χ2v) is 5.21. The molecule has 106 valence electrons. The molecule has 1 aromatic heterocycles. The largest absolute Gasteiger partial charge is 0.478 e. The second kappa shape index (κ2) is 5.58. The summed E-state index contributed by atoms with van der Waals surface area (Å²) in [5.74, 6) is -1.96. The van der Waals surface area contributed by atoms with Crippen LogP contribution < -0.4 is 10.2 Å². The van der Waals surface area contributed by atoms with Crippen LogP contribution in [0.4, 0.5) is 5.82 Å². The van der Waals surface area contributed by atoms with Gasteiger partial charge in [-0.2, -0.15) is 0 Å². The standard InChI is InChI=1S/C12H12BrN3O4/c1-2-8-11(18)15-9(17)5-16(8)10-7(12(19)20)3-6(13)4-14-10/h3-4,8H,2,5H2,1H3,(H,19,20)(H,15,17,18). The Bertz CT molecular complexity index is 590. The van der Waals surface area contributed by atoms with Crippen LogP contribution in [0.3, 0.4) is 0 Å². The minimum atomic E-state index is -1.16. The van der Waals surface area contributed by atoms with Crippen molar-refractivity contribution >= 4 is 39.5 Å². The lowest BCUT2D eigenvalue weighted by Gasteiger charge is -2.34. The maximum Gasteiger partial charge on any atom is 0.339 e. The monoisotopic (exact) mass is 341 g/mol. The van der Waals surface area contributed by atoms with Crippen molar-refractivity contribution in [3.8, 4) is 0 Å². The van der Waals surface area contributed by atoms with Gasteiger partial charge in [-0.05, 0) is 28.4 Å². The van der Waals surface area contributed by atoms with E-state index in [2.05, 4.69) is 26.2 Å². The molecule has 0 saturated carbocycles. The van der Waals surface area contributed by atoms with Gasteiger partial charge in [0.2, 0.25) is 11.8 Å². The number of pyridine rings is 1. The first-order valence-corrected chi connectivity index (χ1v) is 6.72. The summed E-state index contributed by atoms with van der Waals surface area (Å²) in [6, 6.07) is 0.786. The van der Waals surface area contributed by atoms with E-state index < -0.39 is 23.8 Å². The molecule has 1 aromatic rings. The third-order valence-electron chi connectivity index (χ3n) is 2.98. The van der Waals surface area contributed by atoms with Crippen LogP contribution in [0, 0.1) is 0 Å². The predicted octanol–water partition coefficient (Wildman–Crippen LogP) is 0.784. The van der Waals surface area contributed by atoms with E-state index in [9.17, 15) is 19.5 Å². The van der Waals surface area contributed by atoms with Crippen molar-refractivity contribution in [2.45, 2.75) is 19.4 Å². The van der Waals surface area contributed by atoms with E-state index in [-0.39, 0.29) is 17.9 Å². The normalized spacial score (nSPS) is 18.9. The number of carbonyl (C=O) groups excluding carboxylic acids is 2. The van der Waals surface area contributed by atoms with E-state index >= 15 is 0 Å². The van der Waals surface area contributed by atoms with Gasteiger partial charge in [0.15, 0.2) is 0 Å². The highest BCUT2D eigenvalue weighted by atomic mass is 79.9. The molecule has 20 heavy (non-hydrogen) atoms. The molecule has 1 atom stereocenters. The van der Waals surface area contributed by atoms with Crippen molar-refractivity contribution in [1.82, 2.24) is 10.3 Å². The maximum atomic E-state index is 11.8. The number of carboxylic acids is 1. The van der Waals surface area contributed by atoms with Gasteiger partial charge < -0.3 is 10.0 Å². The predicted molar refractivity (Wildman–Crippen MR) is 73.5 cm³/mol. The molecular formula is C12H12BrN3O4. The quantitative estimate of drug-likeness (QED) is 0.788. The third-order valence-corrected chi connectivity index (χ3v) is 3.41. The molecule has 0 radical (unpaired) electrons. The number of hydrogen-bond acceptors (Lipinski definition) is 5. The molecule has 0 aliphatic carbocycles. The van der Waals surface area contributed by atoms with Crippen molar-refractivity contribution in [2.75, 3.05) is 11.4 Å². The summed E-state index contributed by atoms with van der Waals surface area (Å²) in [7, 11) is 0. The lowest BCUT2D eigenvalue weighted by Crippen LogP contribution is -2.58. The number of hydrogen-bond donors (Lipinski definition) is 2. The van der Waals surface area contributed by atoms with Gasteiger partial charge in [-0.3, -0.25) is 14.9 Å². The van der Waals surface area contributed by atoms with E-state index in [1.165, 1.54) is 17.2 Å². The fourth-order valence-electron chi connectivity index (χ4n) is 2.11. The third kappa shape index (κ3) is 2.64. The van der Waals surface area contributed by atoms with Crippen LogP contribution in [0.1, 0.15) is 23.7 Å². The Morgan fingerprint density at radius 3 is 2.90 bits per heavy atom. The summed E-state index contributed by atoms with van der Waals surface area (Å²) in [4.78, 5) is 40.1. The van der Waals surface area contributed by atoms with Gasteiger partial charge in [-0.1, -0.05) is 6.92 Å². The Morgan fingerprint density at radius 2 is 2.30 bits per heavy atom. The fourth-order valence-corrected chi connectivity index (χ4v) is 2.44. The van der Waals surface area contributed by atoms with Crippen LogP contribution in [0.2, 0.25) is 0 Å². The van der Waals surface area contributed by atoms with Crippen molar-refractivity contribution in [1.29, 1.82) is 0 Å². The minimum absolute atomic E-state index is 0.0553. The lowest BCUT2D eigenvalue weighted by atomic mass is 10.1. The number of nitrogens with zero attached hydrogens (tertiary/aromatic N) is 2. The summed E-state index contributed by atoms with van der Waals surface area (Å²) in [5.41, 5.74) is -0.0553. The first kappa shape index (κ1) is 14.4. The van der Waals surface area contributed by atoms with Gasteiger partial charge in [-0.25, -0.2) is 9.78 Å². The van der Waals surface area contributed by atoms with Crippen LogP contribution >= 0.6 is 15.9 Å². The van der Waals surface area contributed by atoms with E-state index in [1.54, 1.807) is 6.92 Å². The Balaban J connectivity index is 2.50. The summed E-state index contributed by atoms with van der Waals surface area (Å²) < 4.78 is 0.513. The molecule has 1 unspecified atom stereocenters. The molecule has 7 nitrogen and oxygen atoms in total. The molecule has 1 aliphatic heterocycles. The number of anilines is 1. The lowest BCUT2D eigenvalue weighted by molar-refractivity contribution is -0.133. The van der Waals surface area contributed by atoms with Crippen molar-refractivity contribution in [2.24, 2.45) is 0 Å². The highest BCUT2D eigenvalue weighted by molar-refractivity contribution is 9.10. The number of halogens is 1. The maximum absolute atomic E-state index is 11.8. The van der Waals surface area contributed by atoms with Gasteiger partial charge in [0, 0.05) is 10.7 Å². The SMILES string of the molecule is CCC1C(=O)NC(=O)CN1c1ncc(Br)cc1C(=O)O. The van der Waals surface area contributed by atoms with Gasteiger partial charge in [0.1, 0.15) is 17.4 Å². The summed E-state index contributed by atoms with van der Waals surface area (Å²) >= 11 is 3.15. The second-order valence-electron chi connectivity index (χ2n) is 4.29. The number of amides is 2. The Morgan fingerprint density at radius 1 is 1.60 bits per heavy atom. The topological polar surface area (TPSA) is 99.6 Å². The molecule has 0 aromatic carbocycles. The zero-order valence-electron chi connectivity index (χ0n) is 10.6. The van der Waals surface area contributed by atoms with E-state index in [1.807, 2.05) is 0 Å². The number of nitrogens with one attached hydrogen (secondary N) is 1. The molecule has 2 rings (SSSR count). The van der Waals surface area contributed by atoms with Crippen LogP contribution in [-0.4, -0.2) is 40.5 Å². The zero-order valence-corrected chi connectivity index (χ0v) is 12.2. The number of aromatic nitrogens is 1. The van der Waals surface area contributed by atoms with E-state index in [0.29, 0.717) is 10.9 Å². The van der Waals surface area contributed by atoms with Crippen LogP contribution in [0.15, 0.2) is 16.7 Å². The van der Waals surface area contributed by atoms with Gasteiger partial charge in [0.25, 0.3) is 0 Å². The van der Waals surface area contributed by atoms with E-state index in [0.717, 1.165) is 0 Å².